The van der Waals surface area contributed by atoms with E-state index in [1.807, 2.05) is 0 Å². The summed E-state index contributed by atoms with van der Waals surface area (Å²) in [6.07, 6.45) is 0. The Morgan fingerprint density at radius 1 is 1.10 bits per heavy atom. The quantitative estimate of drug-likeness (QED) is 0.506. The Balaban J connectivity index is 1.78. The van der Waals surface area contributed by atoms with E-state index < -0.39 is 27.7 Å². The third-order valence-electron chi connectivity index (χ3n) is 4.12. The third-order valence-corrected chi connectivity index (χ3v) is 6.63. The Morgan fingerprint density at radius 3 is 2.48 bits per heavy atom. The van der Waals surface area contributed by atoms with Gasteiger partial charge in [0.1, 0.15) is 10.7 Å². The minimum atomic E-state index is -3.99. The molecule has 0 saturated carbocycles. The highest BCUT2D eigenvalue weighted by atomic mass is 32.2. The molecule has 1 aromatic heterocycles. The summed E-state index contributed by atoms with van der Waals surface area (Å²) >= 11 is 1.08. The van der Waals surface area contributed by atoms with Gasteiger partial charge in [0.05, 0.1) is 16.5 Å². The van der Waals surface area contributed by atoms with Gasteiger partial charge in [-0.2, -0.15) is 0 Å². The van der Waals surface area contributed by atoms with Gasteiger partial charge in [-0.1, -0.05) is 6.07 Å². The van der Waals surface area contributed by atoms with E-state index in [2.05, 4.69) is 10.0 Å². The fourth-order valence-electron chi connectivity index (χ4n) is 2.66. The first-order chi connectivity index (χ1) is 14.7. The lowest BCUT2D eigenvalue weighted by Gasteiger charge is -2.09. The Morgan fingerprint density at radius 2 is 1.81 bits per heavy atom. The van der Waals surface area contributed by atoms with Gasteiger partial charge < -0.3 is 10.1 Å². The van der Waals surface area contributed by atoms with Crippen molar-refractivity contribution in [3.8, 4) is 0 Å². The summed E-state index contributed by atoms with van der Waals surface area (Å²) < 4.78 is 45.6. The van der Waals surface area contributed by atoms with Crippen LogP contribution in [0.3, 0.4) is 0 Å². The average Bonchev–Trinajstić information content (AvgIpc) is 3.10. The molecule has 0 aliphatic rings. The molecule has 1 amide bonds. The topological polar surface area (TPSA) is 102 Å². The van der Waals surface area contributed by atoms with Crippen molar-refractivity contribution in [1.82, 2.24) is 0 Å². The molecule has 162 valence electrons. The van der Waals surface area contributed by atoms with Gasteiger partial charge in [0.25, 0.3) is 15.9 Å². The van der Waals surface area contributed by atoms with E-state index in [9.17, 15) is 22.4 Å². The monoisotopic (exact) mass is 462 g/mol. The van der Waals surface area contributed by atoms with Gasteiger partial charge >= 0.3 is 5.97 Å². The molecule has 0 unspecified atom stereocenters. The number of thiophene rings is 1. The highest BCUT2D eigenvalue weighted by Gasteiger charge is 2.19. The van der Waals surface area contributed by atoms with Crippen molar-refractivity contribution < 1.29 is 27.1 Å². The SMILES string of the molecule is CCOC(=O)c1sc(NC(=O)c2cccc(S(=O)(=O)Nc3ccc(F)cc3)c2)cc1C. The van der Waals surface area contributed by atoms with Crippen molar-refractivity contribution in [3.63, 3.8) is 0 Å². The van der Waals surface area contributed by atoms with E-state index in [1.165, 1.54) is 36.4 Å². The van der Waals surface area contributed by atoms with Crippen LogP contribution in [0.4, 0.5) is 15.1 Å². The van der Waals surface area contributed by atoms with Gasteiger partial charge in [0, 0.05) is 11.3 Å². The van der Waals surface area contributed by atoms with Crippen molar-refractivity contribution in [1.29, 1.82) is 0 Å². The van der Waals surface area contributed by atoms with Crippen LogP contribution < -0.4 is 10.0 Å². The summed E-state index contributed by atoms with van der Waals surface area (Å²) in [6.45, 7) is 3.67. The van der Waals surface area contributed by atoms with Crippen molar-refractivity contribution in [3.05, 3.63) is 76.4 Å². The maximum Gasteiger partial charge on any atom is 0.348 e. The second-order valence-corrected chi connectivity index (χ2v) is 9.17. The molecule has 0 saturated heterocycles. The second-order valence-electron chi connectivity index (χ2n) is 6.44. The van der Waals surface area contributed by atoms with E-state index in [4.69, 9.17) is 4.74 Å². The van der Waals surface area contributed by atoms with Crippen LogP contribution in [-0.4, -0.2) is 26.9 Å². The molecule has 7 nitrogen and oxygen atoms in total. The number of carbonyl (C=O) groups is 2. The normalized spacial score (nSPS) is 11.1. The van der Waals surface area contributed by atoms with Crippen LogP contribution in [-0.2, 0) is 14.8 Å². The number of ether oxygens (including phenoxy) is 1. The lowest BCUT2D eigenvalue weighted by molar-refractivity contribution is 0.0531. The number of sulfonamides is 1. The molecule has 2 N–H and O–H groups in total. The number of halogens is 1. The van der Waals surface area contributed by atoms with Crippen molar-refractivity contribution in [2.75, 3.05) is 16.6 Å². The van der Waals surface area contributed by atoms with Crippen molar-refractivity contribution >= 4 is 43.9 Å². The number of hydrogen-bond donors (Lipinski definition) is 2. The number of carbonyl (C=O) groups excluding carboxylic acids is 2. The van der Waals surface area contributed by atoms with Crippen LogP contribution in [0.1, 0.15) is 32.5 Å². The smallest absolute Gasteiger partial charge is 0.348 e. The number of hydrogen-bond acceptors (Lipinski definition) is 6. The summed E-state index contributed by atoms with van der Waals surface area (Å²) in [5.41, 5.74) is 0.973. The standard InChI is InChI=1S/C21H19FN2O5S2/c1-3-29-21(26)19-13(2)11-18(30-19)23-20(25)14-5-4-6-17(12-14)31(27,28)24-16-9-7-15(22)8-10-16/h4-12,24H,3H2,1-2H3,(H,23,25). The van der Waals surface area contributed by atoms with Crippen molar-refractivity contribution in [2.45, 2.75) is 18.7 Å². The lowest BCUT2D eigenvalue weighted by atomic mass is 10.2. The largest absolute Gasteiger partial charge is 0.462 e. The van der Waals surface area contributed by atoms with Gasteiger partial charge in [-0.3, -0.25) is 9.52 Å². The number of esters is 1. The summed E-state index contributed by atoms with van der Waals surface area (Å²) in [7, 11) is -3.99. The predicted octanol–water partition coefficient (Wildman–Crippen LogP) is 4.43. The molecule has 31 heavy (non-hydrogen) atoms. The highest BCUT2D eigenvalue weighted by Crippen LogP contribution is 2.28. The first-order valence-electron chi connectivity index (χ1n) is 9.17. The molecule has 1 heterocycles. The van der Waals surface area contributed by atoms with Gasteiger partial charge in [0.2, 0.25) is 0 Å². The van der Waals surface area contributed by atoms with Crippen LogP contribution >= 0.6 is 11.3 Å². The van der Waals surface area contributed by atoms with E-state index in [0.717, 1.165) is 23.5 Å². The van der Waals surface area contributed by atoms with E-state index in [1.54, 1.807) is 19.9 Å². The fourth-order valence-corrected chi connectivity index (χ4v) is 4.73. The Hall–Kier alpha value is -3.24. The zero-order valence-corrected chi connectivity index (χ0v) is 18.3. The van der Waals surface area contributed by atoms with Gasteiger partial charge in [-0.25, -0.2) is 17.6 Å². The molecule has 0 atom stereocenters. The number of rotatable bonds is 7. The second kappa shape index (κ2) is 9.27. The molecule has 0 aliphatic carbocycles. The van der Waals surface area contributed by atoms with Crippen LogP contribution in [0.25, 0.3) is 0 Å². The minimum absolute atomic E-state index is 0.116. The van der Waals surface area contributed by atoms with E-state index >= 15 is 0 Å². The number of anilines is 2. The molecule has 0 aliphatic heterocycles. The maximum atomic E-state index is 13.0. The third kappa shape index (κ3) is 5.47. The fraction of sp³-hybridized carbons (Fsp3) is 0.143. The summed E-state index contributed by atoms with van der Waals surface area (Å²) in [5, 5.41) is 3.10. The highest BCUT2D eigenvalue weighted by molar-refractivity contribution is 7.92. The molecular formula is C21H19FN2O5S2. The number of benzene rings is 2. The lowest BCUT2D eigenvalue weighted by Crippen LogP contribution is -2.15. The first-order valence-corrected chi connectivity index (χ1v) is 11.5. The Bertz CT molecular complexity index is 1220. The molecule has 0 radical (unpaired) electrons. The molecule has 0 fully saturated rings. The summed E-state index contributed by atoms with van der Waals surface area (Å²) in [6, 6.07) is 12.0. The van der Waals surface area contributed by atoms with E-state index in [-0.39, 0.29) is 22.8 Å². The van der Waals surface area contributed by atoms with Crippen LogP contribution in [0.15, 0.2) is 59.5 Å². The molecule has 2 aromatic carbocycles. The minimum Gasteiger partial charge on any atom is -0.462 e. The zero-order chi connectivity index (χ0) is 22.6. The molecule has 3 rings (SSSR count). The average molecular weight is 463 g/mol. The Kier molecular flexibility index (Phi) is 6.71. The van der Waals surface area contributed by atoms with Crippen molar-refractivity contribution in [2.24, 2.45) is 0 Å². The molecule has 0 spiro atoms. The summed E-state index contributed by atoms with van der Waals surface area (Å²) in [5.74, 6) is -1.49. The molecule has 3 aromatic rings. The first kappa shape index (κ1) is 22.4. The van der Waals surface area contributed by atoms with Gasteiger partial charge in [0.15, 0.2) is 0 Å². The number of amides is 1. The van der Waals surface area contributed by atoms with Crippen LogP contribution in [0.2, 0.25) is 0 Å². The van der Waals surface area contributed by atoms with Crippen LogP contribution in [0.5, 0.6) is 0 Å². The van der Waals surface area contributed by atoms with E-state index in [0.29, 0.717) is 15.4 Å². The molecular weight excluding hydrogens is 443 g/mol. The molecule has 10 heteroatoms. The predicted molar refractivity (Wildman–Crippen MR) is 117 cm³/mol. The zero-order valence-electron chi connectivity index (χ0n) is 16.6. The number of aryl methyl sites for hydroxylation is 1. The van der Waals surface area contributed by atoms with Gasteiger partial charge in [-0.05, 0) is 67.9 Å². The van der Waals surface area contributed by atoms with Gasteiger partial charge in [-0.15, -0.1) is 11.3 Å². The maximum absolute atomic E-state index is 13.0. The number of nitrogens with one attached hydrogen (secondary N) is 2. The van der Waals surface area contributed by atoms with Crippen LogP contribution in [0, 0.1) is 12.7 Å². The summed E-state index contributed by atoms with van der Waals surface area (Å²) in [4.78, 5) is 24.8. The Labute approximate surface area is 182 Å². The molecule has 0 bridgehead atoms.